The van der Waals surface area contributed by atoms with E-state index in [1.165, 1.54) is 0 Å². The molecule has 9 nitrogen and oxygen atoms in total. The molecule has 1 aromatic rings. The van der Waals surface area contributed by atoms with Gasteiger partial charge in [-0.05, 0) is 50.5 Å². The Balaban J connectivity index is 1.32. The molecule has 0 radical (unpaired) electrons. The van der Waals surface area contributed by atoms with Gasteiger partial charge in [0, 0.05) is 26.1 Å². The van der Waals surface area contributed by atoms with Gasteiger partial charge in [-0.15, -0.1) is 0 Å². The molecule has 0 aliphatic carbocycles. The van der Waals surface area contributed by atoms with E-state index in [4.69, 9.17) is 9.47 Å². The van der Waals surface area contributed by atoms with Crippen LogP contribution in [-0.2, 0) is 25.7 Å². The highest BCUT2D eigenvalue weighted by Crippen LogP contribution is 2.22. The molecule has 9 heteroatoms. The van der Waals surface area contributed by atoms with Crippen LogP contribution in [0, 0.1) is 11.8 Å². The van der Waals surface area contributed by atoms with Gasteiger partial charge >= 0.3 is 12.1 Å². The molecule has 1 unspecified atom stereocenters. The van der Waals surface area contributed by atoms with E-state index in [-0.39, 0.29) is 24.6 Å². The van der Waals surface area contributed by atoms with Crippen LogP contribution in [0.25, 0.3) is 0 Å². The SMILES string of the molecule is CCOC(=O)C1CCCN=C1NNC(=O)CCC1CCN(C(=O)OCc2ccccc2)CC1. The minimum atomic E-state index is -0.454. The van der Waals surface area contributed by atoms with Crippen molar-refractivity contribution in [2.45, 2.75) is 52.1 Å². The zero-order valence-electron chi connectivity index (χ0n) is 19.3. The van der Waals surface area contributed by atoms with Crippen LogP contribution in [0.1, 0.15) is 51.0 Å². The third-order valence-electron chi connectivity index (χ3n) is 6.02. The molecule has 0 aromatic heterocycles. The molecule has 3 rings (SSSR count). The van der Waals surface area contributed by atoms with E-state index >= 15 is 0 Å². The van der Waals surface area contributed by atoms with Gasteiger partial charge in [-0.1, -0.05) is 30.3 Å². The second kappa shape index (κ2) is 12.8. The van der Waals surface area contributed by atoms with Gasteiger partial charge < -0.3 is 14.4 Å². The number of esters is 1. The number of hydrogen-bond donors (Lipinski definition) is 2. The molecule has 1 aromatic carbocycles. The summed E-state index contributed by atoms with van der Waals surface area (Å²) in [6, 6.07) is 9.62. The van der Waals surface area contributed by atoms with Crippen LogP contribution in [0.15, 0.2) is 35.3 Å². The number of carbonyl (C=O) groups is 3. The fraction of sp³-hybridized carbons (Fsp3) is 0.583. The maximum absolute atomic E-state index is 12.3. The number of carbonyl (C=O) groups excluding carboxylic acids is 3. The van der Waals surface area contributed by atoms with Crippen molar-refractivity contribution in [3.63, 3.8) is 0 Å². The summed E-state index contributed by atoms with van der Waals surface area (Å²) in [4.78, 5) is 42.7. The zero-order chi connectivity index (χ0) is 23.5. The Morgan fingerprint density at radius 2 is 1.85 bits per heavy atom. The zero-order valence-corrected chi connectivity index (χ0v) is 19.3. The Hall–Kier alpha value is -3.10. The van der Waals surface area contributed by atoms with Crippen LogP contribution in [0.4, 0.5) is 4.79 Å². The van der Waals surface area contributed by atoms with Crippen LogP contribution >= 0.6 is 0 Å². The van der Waals surface area contributed by atoms with Gasteiger partial charge in [0.1, 0.15) is 18.4 Å². The quantitative estimate of drug-likeness (QED) is 0.480. The van der Waals surface area contributed by atoms with E-state index < -0.39 is 5.92 Å². The van der Waals surface area contributed by atoms with Gasteiger partial charge in [-0.25, -0.2) is 4.79 Å². The molecule has 0 spiro atoms. The second-order valence-corrected chi connectivity index (χ2v) is 8.40. The Labute approximate surface area is 194 Å². The Kier molecular flexibility index (Phi) is 9.53. The molecular formula is C24H34N4O5. The van der Waals surface area contributed by atoms with E-state index in [9.17, 15) is 14.4 Å². The highest BCUT2D eigenvalue weighted by molar-refractivity contribution is 6.01. The molecule has 1 atom stereocenters. The van der Waals surface area contributed by atoms with Gasteiger partial charge in [0.15, 0.2) is 0 Å². The lowest BCUT2D eigenvalue weighted by Crippen LogP contribution is -2.48. The fourth-order valence-corrected chi connectivity index (χ4v) is 4.09. The lowest BCUT2D eigenvalue weighted by Gasteiger charge is -2.31. The molecule has 2 amide bonds. The van der Waals surface area contributed by atoms with E-state index in [1.807, 2.05) is 30.3 Å². The van der Waals surface area contributed by atoms with Crippen LogP contribution in [0.5, 0.6) is 0 Å². The maximum Gasteiger partial charge on any atom is 0.410 e. The van der Waals surface area contributed by atoms with Gasteiger partial charge in [-0.2, -0.15) is 0 Å². The van der Waals surface area contributed by atoms with Crippen molar-refractivity contribution in [2.24, 2.45) is 16.8 Å². The number of likely N-dealkylation sites (tertiary alicyclic amines) is 1. The number of aliphatic imine (C=N–C) groups is 1. The predicted octanol–water partition coefficient (Wildman–Crippen LogP) is 2.81. The van der Waals surface area contributed by atoms with E-state index in [0.29, 0.717) is 50.8 Å². The summed E-state index contributed by atoms with van der Waals surface area (Å²) in [6.07, 6.45) is 4.00. The molecule has 180 valence electrons. The maximum atomic E-state index is 12.3. The highest BCUT2D eigenvalue weighted by Gasteiger charge is 2.28. The predicted molar refractivity (Wildman–Crippen MR) is 123 cm³/mol. The summed E-state index contributed by atoms with van der Waals surface area (Å²) in [6.45, 7) is 4.26. The first-order valence-corrected chi connectivity index (χ1v) is 11.8. The standard InChI is InChI=1S/C24H34N4O5/c1-2-32-23(30)20-9-6-14-25-22(20)27-26-21(29)11-10-18-12-15-28(16-13-18)24(31)33-17-19-7-4-3-5-8-19/h3-5,7-8,18,20H,2,6,9-17H2,1H3,(H,25,27)(H,26,29). The third kappa shape index (κ3) is 7.76. The summed E-state index contributed by atoms with van der Waals surface area (Å²) < 4.78 is 10.5. The van der Waals surface area contributed by atoms with Crippen molar-refractivity contribution in [3.05, 3.63) is 35.9 Å². The Morgan fingerprint density at radius 1 is 1.09 bits per heavy atom. The van der Waals surface area contributed by atoms with Gasteiger partial charge in [-0.3, -0.25) is 25.4 Å². The minimum absolute atomic E-state index is 0.143. The number of hydrogen-bond acceptors (Lipinski definition) is 7. The number of ether oxygens (including phenoxy) is 2. The molecular weight excluding hydrogens is 424 g/mol. The van der Waals surface area contributed by atoms with Crippen molar-refractivity contribution in [1.82, 2.24) is 15.8 Å². The van der Waals surface area contributed by atoms with Crippen molar-refractivity contribution in [2.75, 3.05) is 26.2 Å². The van der Waals surface area contributed by atoms with Crippen LogP contribution < -0.4 is 10.9 Å². The van der Waals surface area contributed by atoms with Crippen LogP contribution in [0.2, 0.25) is 0 Å². The summed E-state index contributed by atoms with van der Waals surface area (Å²) in [5.74, 6) is -0.0593. The van der Waals surface area contributed by atoms with Gasteiger partial charge in [0.2, 0.25) is 5.91 Å². The van der Waals surface area contributed by atoms with E-state index in [2.05, 4.69) is 15.8 Å². The molecule has 2 aliphatic rings. The molecule has 2 N–H and O–H groups in total. The number of amidine groups is 1. The van der Waals surface area contributed by atoms with Crippen molar-refractivity contribution in [3.8, 4) is 0 Å². The topological polar surface area (TPSA) is 109 Å². The van der Waals surface area contributed by atoms with Crippen molar-refractivity contribution < 1.29 is 23.9 Å². The van der Waals surface area contributed by atoms with E-state index in [0.717, 1.165) is 31.2 Å². The third-order valence-corrected chi connectivity index (χ3v) is 6.02. The summed E-state index contributed by atoms with van der Waals surface area (Å²) >= 11 is 0. The van der Waals surface area contributed by atoms with E-state index in [1.54, 1.807) is 11.8 Å². The average Bonchev–Trinajstić information content (AvgIpc) is 2.86. The summed E-state index contributed by atoms with van der Waals surface area (Å²) in [5.41, 5.74) is 6.46. The molecule has 2 heterocycles. The van der Waals surface area contributed by atoms with Crippen LogP contribution in [0.3, 0.4) is 0 Å². The number of rotatable bonds is 7. The second-order valence-electron chi connectivity index (χ2n) is 8.40. The van der Waals surface area contributed by atoms with Crippen molar-refractivity contribution in [1.29, 1.82) is 0 Å². The number of piperidine rings is 1. The number of benzene rings is 1. The average molecular weight is 459 g/mol. The van der Waals surface area contributed by atoms with Crippen molar-refractivity contribution >= 4 is 23.8 Å². The first-order chi connectivity index (χ1) is 16.1. The minimum Gasteiger partial charge on any atom is -0.465 e. The van der Waals surface area contributed by atoms with Crippen LogP contribution in [-0.4, -0.2) is 54.9 Å². The van der Waals surface area contributed by atoms with Gasteiger partial charge in [0.05, 0.1) is 6.61 Å². The molecule has 1 fully saturated rings. The Morgan fingerprint density at radius 3 is 2.58 bits per heavy atom. The number of nitrogens with zero attached hydrogens (tertiary/aromatic N) is 2. The number of amides is 2. The fourth-order valence-electron chi connectivity index (χ4n) is 4.09. The summed E-state index contributed by atoms with van der Waals surface area (Å²) in [7, 11) is 0. The lowest BCUT2D eigenvalue weighted by molar-refractivity contribution is -0.146. The molecule has 1 saturated heterocycles. The first-order valence-electron chi connectivity index (χ1n) is 11.8. The first kappa shape index (κ1) is 24.5. The molecule has 2 aliphatic heterocycles. The summed E-state index contributed by atoms with van der Waals surface area (Å²) in [5, 5.41) is 0. The largest absolute Gasteiger partial charge is 0.465 e. The molecule has 0 saturated carbocycles. The highest BCUT2D eigenvalue weighted by atomic mass is 16.6. The molecule has 33 heavy (non-hydrogen) atoms. The smallest absolute Gasteiger partial charge is 0.410 e. The Bertz CT molecular complexity index is 821. The number of hydrazine groups is 1. The monoisotopic (exact) mass is 458 g/mol. The van der Waals surface area contributed by atoms with Gasteiger partial charge in [0.25, 0.3) is 0 Å². The normalized spacial score (nSPS) is 18.8. The lowest BCUT2D eigenvalue weighted by atomic mass is 9.92. The number of nitrogens with one attached hydrogen (secondary N) is 2. The molecule has 0 bridgehead atoms.